The number of hydrogen-bond donors (Lipinski definition) is 1. The Labute approximate surface area is 95.9 Å². The van der Waals surface area contributed by atoms with E-state index in [2.05, 4.69) is 11.9 Å². The highest BCUT2D eigenvalue weighted by molar-refractivity contribution is 5.82. The highest BCUT2D eigenvalue weighted by atomic mass is 16.1. The summed E-state index contributed by atoms with van der Waals surface area (Å²) < 4.78 is 0. The van der Waals surface area contributed by atoms with Crippen molar-refractivity contribution in [3.63, 3.8) is 0 Å². The minimum atomic E-state index is -0.633. The van der Waals surface area contributed by atoms with Crippen LogP contribution >= 0.6 is 0 Å². The summed E-state index contributed by atoms with van der Waals surface area (Å²) in [7, 11) is 0. The van der Waals surface area contributed by atoms with Gasteiger partial charge in [-0.2, -0.15) is 0 Å². The quantitative estimate of drug-likeness (QED) is 0.435. The van der Waals surface area contributed by atoms with Crippen molar-refractivity contribution in [1.29, 1.82) is 0 Å². The Balaban J connectivity index is 2.66. The SMILES string of the molecule is C=C/C=C/CC[C@]1(C=O)C=CCNC(=O)C1. The van der Waals surface area contributed by atoms with Crippen LogP contribution in [0.5, 0.6) is 0 Å². The third-order valence-corrected chi connectivity index (χ3v) is 2.64. The summed E-state index contributed by atoms with van der Waals surface area (Å²) in [6.45, 7) is 4.09. The third-order valence-electron chi connectivity index (χ3n) is 2.64. The predicted molar refractivity (Wildman–Crippen MR) is 63.8 cm³/mol. The fourth-order valence-electron chi connectivity index (χ4n) is 1.74. The molecule has 0 saturated carbocycles. The first-order valence-corrected chi connectivity index (χ1v) is 5.41. The molecule has 0 spiro atoms. The molecule has 0 fully saturated rings. The Kier molecular flexibility index (Phi) is 4.70. The molecule has 86 valence electrons. The molecular formula is C13H17NO2. The first kappa shape index (κ1) is 12.4. The molecular weight excluding hydrogens is 202 g/mol. The number of nitrogens with one attached hydrogen (secondary N) is 1. The van der Waals surface area contributed by atoms with E-state index in [0.29, 0.717) is 13.0 Å². The van der Waals surface area contributed by atoms with Crippen molar-refractivity contribution in [3.05, 3.63) is 37.0 Å². The zero-order chi connectivity index (χ0) is 11.9. The van der Waals surface area contributed by atoms with Crippen molar-refractivity contribution >= 4 is 12.2 Å². The van der Waals surface area contributed by atoms with Gasteiger partial charge in [0.2, 0.25) is 5.91 Å². The highest BCUT2D eigenvalue weighted by Crippen LogP contribution is 2.29. The predicted octanol–water partition coefficient (Wildman–Crippen LogP) is 1.77. The lowest BCUT2D eigenvalue weighted by Gasteiger charge is -2.21. The Morgan fingerprint density at radius 1 is 1.56 bits per heavy atom. The topological polar surface area (TPSA) is 46.2 Å². The summed E-state index contributed by atoms with van der Waals surface area (Å²) in [5.74, 6) is -0.0650. The van der Waals surface area contributed by atoms with Gasteiger partial charge in [-0.1, -0.05) is 37.0 Å². The molecule has 0 aliphatic carbocycles. The van der Waals surface area contributed by atoms with E-state index in [-0.39, 0.29) is 12.3 Å². The van der Waals surface area contributed by atoms with Gasteiger partial charge in [0.25, 0.3) is 0 Å². The molecule has 1 amide bonds. The van der Waals surface area contributed by atoms with Crippen LogP contribution in [-0.2, 0) is 9.59 Å². The molecule has 1 rings (SSSR count). The molecule has 1 aliphatic heterocycles. The van der Waals surface area contributed by atoms with E-state index in [9.17, 15) is 9.59 Å². The van der Waals surface area contributed by atoms with Crippen LogP contribution in [0.2, 0.25) is 0 Å². The molecule has 0 radical (unpaired) electrons. The van der Waals surface area contributed by atoms with Gasteiger partial charge in [-0.05, 0) is 12.8 Å². The Morgan fingerprint density at radius 2 is 2.38 bits per heavy atom. The third kappa shape index (κ3) is 3.50. The number of amides is 1. The van der Waals surface area contributed by atoms with Gasteiger partial charge in [0, 0.05) is 13.0 Å². The van der Waals surface area contributed by atoms with Crippen molar-refractivity contribution < 1.29 is 9.59 Å². The Hall–Kier alpha value is -1.64. The molecule has 3 nitrogen and oxygen atoms in total. The van der Waals surface area contributed by atoms with E-state index in [4.69, 9.17) is 0 Å². The van der Waals surface area contributed by atoms with Crippen LogP contribution in [0.25, 0.3) is 0 Å². The normalized spacial score (nSPS) is 25.1. The van der Waals surface area contributed by atoms with Gasteiger partial charge < -0.3 is 10.1 Å². The first-order chi connectivity index (χ1) is 7.72. The fraction of sp³-hybridized carbons (Fsp3) is 0.385. The van der Waals surface area contributed by atoms with Crippen LogP contribution < -0.4 is 5.32 Å². The van der Waals surface area contributed by atoms with Crippen LogP contribution in [0, 0.1) is 5.41 Å². The lowest BCUT2D eigenvalue weighted by Crippen LogP contribution is -2.29. The molecule has 16 heavy (non-hydrogen) atoms. The van der Waals surface area contributed by atoms with Gasteiger partial charge in [0.1, 0.15) is 6.29 Å². The van der Waals surface area contributed by atoms with Crippen molar-refractivity contribution in [2.75, 3.05) is 6.54 Å². The molecule has 1 heterocycles. The van der Waals surface area contributed by atoms with E-state index in [1.807, 2.05) is 24.3 Å². The maximum Gasteiger partial charge on any atom is 0.221 e. The van der Waals surface area contributed by atoms with Gasteiger partial charge in [0.05, 0.1) is 5.41 Å². The molecule has 0 saturated heterocycles. The maximum atomic E-state index is 11.4. The zero-order valence-electron chi connectivity index (χ0n) is 9.32. The summed E-state index contributed by atoms with van der Waals surface area (Å²) in [5.41, 5.74) is -0.633. The van der Waals surface area contributed by atoms with Crippen LogP contribution in [0.3, 0.4) is 0 Å². The standard InChI is InChI=1S/C13H17NO2/c1-2-3-4-5-7-13(11-15)8-6-9-14-12(16)10-13/h2-4,6,8,11H,1,5,7,9-10H2,(H,14,16)/b4-3+/t13-/m0/s1. The lowest BCUT2D eigenvalue weighted by atomic mass is 9.81. The van der Waals surface area contributed by atoms with Gasteiger partial charge in [-0.3, -0.25) is 4.79 Å². The van der Waals surface area contributed by atoms with Gasteiger partial charge in [-0.15, -0.1) is 0 Å². The number of rotatable bonds is 5. The number of carbonyl (C=O) groups excluding carboxylic acids is 2. The largest absolute Gasteiger partial charge is 0.353 e. The molecule has 0 aromatic heterocycles. The van der Waals surface area contributed by atoms with Crippen molar-refractivity contribution in [2.45, 2.75) is 19.3 Å². The van der Waals surface area contributed by atoms with E-state index < -0.39 is 5.41 Å². The molecule has 1 N–H and O–H groups in total. The number of carbonyl (C=O) groups is 2. The number of allylic oxidation sites excluding steroid dienone is 4. The summed E-state index contributed by atoms with van der Waals surface area (Å²) >= 11 is 0. The van der Waals surface area contributed by atoms with E-state index in [1.54, 1.807) is 6.08 Å². The summed E-state index contributed by atoms with van der Waals surface area (Å²) in [5, 5.41) is 2.72. The fourth-order valence-corrected chi connectivity index (χ4v) is 1.74. The first-order valence-electron chi connectivity index (χ1n) is 5.41. The molecule has 1 atom stereocenters. The van der Waals surface area contributed by atoms with E-state index in [0.717, 1.165) is 12.7 Å². The van der Waals surface area contributed by atoms with Gasteiger partial charge in [-0.25, -0.2) is 0 Å². The van der Waals surface area contributed by atoms with Crippen LogP contribution in [0.15, 0.2) is 37.0 Å². The highest BCUT2D eigenvalue weighted by Gasteiger charge is 2.30. The van der Waals surface area contributed by atoms with Crippen molar-refractivity contribution in [2.24, 2.45) is 5.41 Å². The zero-order valence-corrected chi connectivity index (χ0v) is 9.32. The molecule has 0 aromatic rings. The minimum Gasteiger partial charge on any atom is -0.353 e. The van der Waals surface area contributed by atoms with Crippen molar-refractivity contribution in [3.8, 4) is 0 Å². The average molecular weight is 219 g/mol. The second kappa shape index (κ2) is 6.05. The molecule has 3 heteroatoms. The van der Waals surface area contributed by atoms with Crippen LogP contribution in [0.1, 0.15) is 19.3 Å². The molecule has 0 bridgehead atoms. The van der Waals surface area contributed by atoms with Gasteiger partial charge in [0.15, 0.2) is 0 Å². The Morgan fingerprint density at radius 3 is 3.06 bits per heavy atom. The average Bonchev–Trinajstić information content (AvgIpc) is 2.47. The van der Waals surface area contributed by atoms with Crippen LogP contribution in [0.4, 0.5) is 0 Å². The van der Waals surface area contributed by atoms with E-state index >= 15 is 0 Å². The van der Waals surface area contributed by atoms with Gasteiger partial charge >= 0.3 is 0 Å². The maximum absolute atomic E-state index is 11.4. The van der Waals surface area contributed by atoms with Crippen LogP contribution in [-0.4, -0.2) is 18.7 Å². The van der Waals surface area contributed by atoms with Crippen molar-refractivity contribution in [1.82, 2.24) is 5.32 Å². The Bertz CT molecular complexity index is 331. The smallest absolute Gasteiger partial charge is 0.221 e. The summed E-state index contributed by atoms with van der Waals surface area (Å²) in [6.07, 6.45) is 11.7. The summed E-state index contributed by atoms with van der Waals surface area (Å²) in [6, 6.07) is 0. The second-order valence-electron chi connectivity index (χ2n) is 3.94. The second-order valence-corrected chi connectivity index (χ2v) is 3.94. The number of aldehydes is 1. The molecule has 0 aromatic carbocycles. The molecule has 0 unspecified atom stereocenters. The molecule has 1 aliphatic rings. The van der Waals surface area contributed by atoms with E-state index in [1.165, 1.54) is 0 Å². The minimum absolute atomic E-state index is 0.0650. The summed E-state index contributed by atoms with van der Waals surface area (Å²) in [4.78, 5) is 22.6. The monoisotopic (exact) mass is 219 g/mol. The lowest BCUT2D eigenvalue weighted by molar-refractivity contribution is -0.126. The number of hydrogen-bond acceptors (Lipinski definition) is 2.